The summed E-state index contributed by atoms with van der Waals surface area (Å²) in [6.07, 6.45) is 0. The quantitative estimate of drug-likeness (QED) is 0.302. The average Bonchev–Trinajstić information content (AvgIpc) is 2.54. The Morgan fingerprint density at radius 1 is 1.05 bits per heavy atom. The molecule has 22 heavy (non-hydrogen) atoms. The smallest absolute Gasteiger partial charge is 0.269 e. The molecule has 2 aromatic rings. The minimum absolute atomic E-state index is 0.133. The van der Waals surface area contributed by atoms with Crippen molar-refractivity contribution in [3.63, 3.8) is 0 Å². The lowest BCUT2D eigenvalue weighted by Gasteiger charge is -2.09. The first-order chi connectivity index (χ1) is 10.5. The van der Waals surface area contributed by atoms with Gasteiger partial charge in [0.15, 0.2) is 11.2 Å². The van der Waals surface area contributed by atoms with Crippen molar-refractivity contribution < 1.29 is 14.5 Å². The SMILES string of the molecule is O=C(Nc1ccccc1)[C@H](Cl)C(=O)c1ccc([N+](=O)[O-])cc1. The van der Waals surface area contributed by atoms with E-state index < -0.39 is 22.0 Å². The van der Waals surface area contributed by atoms with Crippen molar-refractivity contribution in [2.45, 2.75) is 5.38 Å². The Morgan fingerprint density at radius 2 is 1.64 bits per heavy atom. The summed E-state index contributed by atoms with van der Waals surface area (Å²) in [6.45, 7) is 0. The lowest BCUT2D eigenvalue weighted by atomic mass is 10.1. The molecule has 0 spiro atoms. The number of non-ortho nitro benzene ring substituents is 1. The van der Waals surface area contributed by atoms with E-state index in [0.29, 0.717) is 5.69 Å². The molecule has 0 aromatic heterocycles. The predicted octanol–water partition coefficient (Wildman–Crippen LogP) is 3.02. The van der Waals surface area contributed by atoms with Gasteiger partial charge in [0.1, 0.15) is 0 Å². The molecule has 0 aliphatic heterocycles. The van der Waals surface area contributed by atoms with Crippen molar-refractivity contribution in [1.82, 2.24) is 0 Å². The molecule has 0 heterocycles. The van der Waals surface area contributed by atoms with Crippen LogP contribution in [0.2, 0.25) is 0 Å². The van der Waals surface area contributed by atoms with Crippen LogP contribution in [-0.4, -0.2) is 22.0 Å². The van der Waals surface area contributed by atoms with Crippen LogP contribution in [0.15, 0.2) is 54.6 Å². The summed E-state index contributed by atoms with van der Waals surface area (Å²) in [5.41, 5.74) is 0.514. The Kier molecular flexibility index (Phi) is 4.85. The maximum Gasteiger partial charge on any atom is 0.269 e. The number of alkyl halides is 1. The van der Waals surface area contributed by atoms with Crippen LogP contribution >= 0.6 is 11.6 Å². The van der Waals surface area contributed by atoms with Crippen molar-refractivity contribution in [2.75, 3.05) is 5.32 Å². The second-order valence-electron chi connectivity index (χ2n) is 4.39. The van der Waals surface area contributed by atoms with Crippen LogP contribution in [0.3, 0.4) is 0 Å². The number of para-hydroxylation sites is 1. The maximum absolute atomic E-state index is 12.1. The second-order valence-corrected chi connectivity index (χ2v) is 4.82. The van der Waals surface area contributed by atoms with E-state index in [-0.39, 0.29) is 11.3 Å². The van der Waals surface area contributed by atoms with E-state index in [1.165, 1.54) is 24.3 Å². The van der Waals surface area contributed by atoms with Gasteiger partial charge in [-0.2, -0.15) is 0 Å². The molecule has 0 radical (unpaired) electrons. The zero-order chi connectivity index (χ0) is 16.1. The Bertz CT molecular complexity index is 701. The number of Topliss-reactive ketones (excluding diaryl/α,β-unsaturated/α-hetero) is 1. The van der Waals surface area contributed by atoms with Crippen LogP contribution in [0, 0.1) is 10.1 Å². The summed E-state index contributed by atoms with van der Waals surface area (Å²) in [5.74, 6) is -1.28. The Morgan fingerprint density at radius 3 is 2.18 bits per heavy atom. The van der Waals surface area contributed by atoms with Crippen LogP contribution in [0.25, 0.3) is 0 Å². The molecule has 7 heteroatoms. The van der Waals surface area contributed by atoms with E-state index in [1.807, 2.05) is 0 Å². The van der Waals surface area contributed by atoms with Gasteiger partial charge < -0.3 is 5.32 Å². The van der Waals surface area contributed by atoms with Gasteiger partial charge >= 0.3 is 0 Å². The molecular formula is C15H11ClN2O4. The number of nitrogens with zero attached hydrogens (tertiary/aromatic N) is 1. The number of nitrogens with one attached hydrogen (secondary N) is 1. The van der Waals surface area contributed by atoms with Crippen molar-refractivity contribution in [3.05, 3.63) is 70.3 Å². The Balaban J connectivity index is 2.08. The van der Waals surface area contributed by atoms with Gasteiger partial charge in [0.2, 0.25) is 5.91 Å². The number of carbonyl (C=O) groups excluding carboxylic acids is 2. The van der Waals surface area contributed by atoms with E-state index in [2.05, 4.69) is 5.32 Å². The maximum atomic E-state index is 12.1. The summed E-state index contributed by atoms with van der Waals surface area (Å²) in [6, 6.07) is 13.5. The fourth-order valence-electron chi connectivity index (χ4n) is 1.74. The first kappa shape index (κ1) is 15.7. The lowest BCUT2D eigenvalue weighted by Crippen LogP contribution is -2.30. The summed E-state index contributed by atoms with van der Waals surface area (Å²) in [4.78, 5) is 34.0. The van der Waals surface area contributed by atoms with Gasteiger partial charge in [0, 0.05) is 23.4 Å². The molecule has 6 nitrogen and oxygen atoms in total. The summed E-state index contributed by atoms with van der Waals surface area (Å²) >= 11 is 5.87. The molecule has 0 saturated heterocycles. The van der Waals surface area contributed by atoms with Gasteiger partial charge in [-0.1, -0.05) is 18.2 Å². The number of carbonyl (C=O) groups is 2. The van der Waals surface area contributed by atoms with E-state index in [4.69, 9.17) is 11.6 Å². The van der Waals surface area contributed by atoms with Crippen molar-refractivity contribution >= 4 is 34.7 Å². The fraction of sp³-hybridized carbons (Fsp3) is 0.0667. The summed E-state index contributed by atoms with van der Waals surface area (Å²) in [7, 11) is 0. The molecular weight excluding hydrogens is 308 g/mol. The first-order valence-corrected chi connectivity index (χ1v) is 6.71. The fourth-order valence-corrected chi connectivity index (χ4v) is 1.92. The molecule has 2 aromatic carbocycles. The normalized spacial score (nSPS) is 11.5. The zero-order valence-electron chi connectivity index (χ0n) is 11.2. The molecule has 0 fully saturated rings. The molecule has 0 aliphatic rings. The molecule has 2 rings (SSSR count). The first-order valence-electron chi connectivity index (χ1n) is 6.27. The van der Waals surface area contributed by atoms with Crippen LogP contribution in [0.4, 0.5) is 11.4 Å². The largest absolute Gasteiger partial charge is 0.324 e. The molecule has 112 valence electrons. The van der Waals surface area contributed by atoms with E-state index in [0.717, 1.165) is 0 Å². The van der Waals surface area contributed by atoms with Gasteiger partial charge in [-0.05, 0) is 24.3 Å². The molecule has 0 bridgehead atoms. The van der Waals surface area contributed by atoms with Gasteiger partial charge in [-0.25, -0.2) is 0 Å². The lowest BCUT2D eigenvalue weighted by molar-refractivity contribution is -0.384. The third-order valence-electron chi connectivity index (χ3n) is 2.86. The number of ketones is 1. The number of rotatable bonds is 5. The average molecular weight is 319 g/mol. The highest BCUT2D eigenvalue weighted by Crippen LogP contribution is 2.16. The molecule has 0 unspecified atom stereocenters. The van der Waals surface area contributed by atoms with E-state index in [9.17, 15) is 19.7 Å². The van der Waals surface area contributed by atoms with Crippen LogP contribution in [-0.2, 0) is 4.79 Å². The molecule has 0 aliphatic carbocycles. The number of hydrogen-bond acceptors (Lipinski definition) is 4. The van der Waals surface area contributed by atoms with Crippen molar-refractivity contribution in [3.8, 4) is 0 Å². The number of halogens is 1. The number of nitro benzene ring substituents is 1. The van der Waals surface area contributed by atoms with Gasteiger partial charge in [-0.3, -0.25) is 19.7 Å². The van der Waals surface area contributed by atoms with Crippen LogP contribution < -0.4 is 5.32 Å². The van der Waals surface area contributed by atoms with Gasteiger partial charge in [0.25, 0.3) is 5.69 Å². The third-order valence-corrected chi connectivity index (χ3v) is 3.26. The van der Waals surface area contributed by atoms with Crippen molar-refractivity contribution in [1.29, 1.82) is 0 Å². The number of anilines is 1. The topological polar surface area (TPSA) is 89.3 Å². The van der Waals surface area contributed by atoms with Gasteiger partial charge in [0.05, 0.1) is 4.92 Å². The molecule has 1 N–H and O–H groups in total. The third kappa shape index (κ3) is 3.67. The number of nitro groups is 1. The standard InChI is InChI=1S/C15H11ClN2O4/c16-13(15(20)17-11-4-2-1-3-5-11)14(19)10-6-8-12(9-7-10)18(21)22/h1-9,13H,(H,17,20)/t13-/m1/s1. The Hall–Kier alpha value is -2.73. The Labute approximate surface area is 130 Å². The van der Waals surface area contributed by atoms with Gasteiger partial charge in [-0.15, -0.1) is 11.6 Å². The highest BCUT2D eigenvalue weighted by Gasteiger charge is 2.25. The summed E-state index contributed by atoms with van der Waals surface area (Å²) in [5, 5.41) is 11.7. The van der Waals surface area contributed by atoms with Crippen molar-refractivity contribution in [2.24, 2.45) is 0 Å². The molecule has 1 atom stereocenters. The molecule has 1 amide bonds. The minimum atomic E-state index is -1.42. The summed E-state index contributed by atoms with van der Waals surface area (Å²) < 4.78 is 0. The number of amides is 1. The minimum Gasteiger partial charge on any atom is -0.324 e. The monoisotopic (exact) mass is 318 g/mol. The zero-order valence-corrected chi connectivity index (χ0v) is 12.0. The predicted molar refractivity (Wildman–Crippen MR) is 82.1 cm³/mol. The second kappa shape index (κ2) is 6.82. The van der Waals surface area contributed by atoms with Crippen LogP contribution in [0.1, 0.15) is 10.4 Å². The number of benzene rings is 2. The highest BCUT2D eigenvalue weighted by molar-refractivity contribution is 6.45. The van der Waals surface area contributed by atoms with Crippen LogP contribution in [0.5, 0.6) is 0 Å². The highest BCUT2D eigenvalue weighted by atomic mass is 35.5. The molecule has 0 saturated carbocycles. The number of hydrogen-bond donors (Lipinski definition) is 1. The van der Waals surface area contributed by atoms with E-state index in [1.54, 1.807) is 30.3 Å². The van der Waals surface area contributed by atoms with E-state index >= 15 is 0 Å².